The second kappa shape index (κ2) is 13.1. The lowest BCUT2D eigenvalue weighted by Gasteiger charge is -2.33. The van der Waals surface area contributed by atoms with E-state index in [1.54, 1.807) is 26.8 Å². The van der Waals surface area contributed by atoms with Crippen LogP contribution in [0.1, 0.15) is 32.9 Å². The van der Waals surface area contributed by atoms with Crippen molar-refractivity contribution in [3.05, 3.63) is 76.6 Å². The molecule has 2 amide bonds. The van der Waals surface area contributed by atoms with E-state index >= 15 is 0 Å². The number of pyridine rings is 1. The van der Waals surface area contributed by atoms with Gasteiger partial charge < -0.3 is 24.3 Å². The lowest BCUT2D eigenvalue weighted by atomic mass is 9.49. The number of anilines is 1. The summed E-state index contributed by atoms with van der Waals surface area (Å²) >= 11 is 0. The molecule has 2 aromatic heterocycles. The molecule has 222 valence electrons. The van der Waals surface area contributed by atoms with Crippen molar-refractivity contribution in [1.29, 1.82) is 0 Å². The number of aromatic nitrogens is 2. The van der Waals surface area contributed by atoms with Gasteiger partial charge in [-0.05, 0) is 69.7 Å². The molecule has 11 nitrogen and oxygen atoms in total. The molecule has 14 heteroatoms. The first kappa shape index (κ1) is 32.9. The second-order valence-electron chi connectivity index (χ2n) is 11.0. The molecular formula is C29H31B2FN4O7. The Hall–Kier alpha value is -4.61. The van der Waals surface area contributed by atoms with Crippen molar-refractivity contribution < 1.29 is 33.0 Å². The van der Waals surface area contributed by atoms with Crippen molar-refractivity contribution in [2.24, 2.45) is 0 Å². The van der Waals surface area contributed by atoms with Crippen molar-refractivity contribution in [1.82, 2.24) is 14.0 Å². The number of aldehydes is 1. The topological polar surface area (TPSA) is 129 Å². The van der Waals surface area contributed by atoms with E-state index in [2.05, 4.69) is 5.32 Å². The zero-order valence-electron chi connectivity index (χ0n) is 24.5. The number of nitrogens with one attached hydrogen (secondary N) is 1. The van der Waals surface area contributed by atoms with E-state index in [1.165, 1.54) is 65.8 Å². The van der Waals surface area contributed by atoms with Crippen molar-refractivity contribution in [2.75, 3.05) is 19.4 Å². The largest absolute Gasteiger partial charge is 0.443 e. The fourth-order valence-electron chi connectivity index (χ4n) is 4.06. The van der Waals surface area contributed by atoms with Gasteiger partial charge in [0.15, 0.2) is 6.10 Å². The quantitative estimate of drug-likeness (QED) is 0.231. The average Bonchev–Trinajstić information content (AvgIpc) is 3.25. The SMILES string of the molecule is [B]C([B])(C/C=C/C=O)C(OC(=O)N(C)C)C(=O)Nc1cccn(Cc2cc3cc(F)ccc3n2C(=O)OC(C)(C)C)c1=O. The van der Waals surface area contributed by atoms with Gasteiger partial charge in [-0.2, -0.15) is 0 Å². The smallest absolute Gasteiger partial charge is 0.419 e. The third kappa shape index (κ3) is 8.24. The predicted octanol–water partition coefficient (Wildman–Crippen LogP) is 3.38. The van der Waals surface area contributed by atoms with Crippen LogP contribution in [0.5, 0.6) is 0 Å². The standard InChI is InChI=1S/C29H31B2FN4O7/c1-28(2,3)43-27(41)36-20(16-18-15-19(32)10-11-22(18)36)17-35-13-8-9-21(25(35)39)33-24(38)23(42-26(40)34(4)5)29(30,31)12-6-7-14-37/h6-11,13-16,23H,12,17H2,1-5H3,(H,33,38)/b7-6+. The number of hydrogen-bond donors (Lipinski definition) is 1. The third-order valence-corrected chi connectivity index (χ3v) is 6.02. The Labute approximate surface area is 250 Å². The number of carbonyl (C=O) groups is 4. The van der Waals surface area contributed by atoms with Crippen molar-refractivity contribution >= 4 is 56.7 Å². The van der Waals surface area contributed by atoms with Crippen LogP contribution in [0.2, 0.25) is 5.21 Å². The highest BCUT2D eigenvalue weighted by Crippen LogP contribution is 2.31. The zero-order valence-corrected chi connectivity index (χ0v) is 24.5. The van der Waals surface area contributed by atoms with Gasteiger partial charge in [0, 0.05) is 31.4 Å². The molecule has 1 atom stereocenters. The van der Waals surface area contributed by atoms with Gasteiger partial charge in [-0.3, -0.25) is 14.4 Å². The number of amides is 2. The first-order valence-electron chi connectivity index (χ1n) is 13.1. The van der Waals surface area contributed by atoms with Crippen LogP contribution in [0.4, 0.5) is 19.7 Å². The Bertz CT molecular complexity index is 1620. The molecule has 0 saturated heterocycles. The molecule has 0 aliphatic rings. The van der Waals surface area contributed by atoms with Crippen molar-refractivity contribution in [2.45, 2.75) is 50.7 Å². The fraction of sp³-hybridized carbons (Fsp3) is 0.345. The van der Waals surface area contributed by atoms with Crippen LogP contribution < -0.4 is 10.9 Å². The van der Waals surface area contributed by atoms with E-state index in [0.717, 1.165) is 11.0 Å². The average molecular weight is 588 g/mol. The Morgan fingerprint density at radius 3 is 2.47 bits per heavy atom. The summed E-state index contributed by atoms with van der Waals surface area (Å²) in [6, 6.07) is 8.25. The maximum atomic E-state index is 14.0. The number of hydrogen-bond acceptors (Lipinski definition) is 7. The number of halogens is 1. The van der Waals surface area contributed by atoms with E-state index in [1.807, 2.05) is 0 Å². The molecule has 4 radical (unpaired) electrons. The van der Waals surface area contributed by atoms with Gasteiger partial charge in [-0.1, -0.05) is 11.3 Å². The molecule has 1 unspecified atom stereocenters. The summed E-state index contributed by atoms with van der Waals surface area (Å²) in [5, 5.41) is 0.870. The number of ether oxygens (including phenoxy) is 2. The Morgan fingerprint density at radius 1 is 1.14 bits per heavy atom. The van der Waals surface area contributed by atoms with E-state index < -0.39 is 46.4 Å². The molecule has 0 saturated carbocycles. The summed E-state index contributed by atoms with van der Waals surface area (Å²) in [7, 11) is 15.0. The first-order valence-corrected chi connectivity index (χ1v) is 13.1. The van der Waals surface area contributed by atoms with Crippen LogP contribution in [-0.4, -0.2) is 79.9 Å². The number of nitrogens with zero attached hydrogens (tertiary/aromatic N) is 3. The maximum absolute atomic E-state index is 14.0. The lowest BCUT2D eigenvalue weighted by Crippen LogP contribution is -2.45. The monoisotopic (exact) mass is 588 g/mol. The molecule has 3 rings (SSSR count). The minimum atomic E-state index is -1.95. The van der Waals surface area contributed by atoms with Gasteiger partial charge in [0.25, 0.3) is 11.5 Å². The van der Waals surface area contributed by atoms with Gasteiger partial charge >= 0.3 is 12.2 Å². The predicted molar refractivity (Wildman–Crippen MR) is 160 cm³/mol. The summed E-state index contributed by atoms with van der Waals surface area (Å²) in [6.07, 6.45) is 0.715. The van der Waals surface area contributed by atoms with E-state index in [9.17, 15) is 28.4 Å². The van der Waals surface area contributed by atoms with Crippen LogP contribution in [0.15, 0.2) is 59.5 Å². The second-order valence-corrected chi connectivity index (χ2v) is 11.0. The Kier molecular flexibility index (Phi) is 10.1. The van der Waals surface area contributed by atoms with Crippen molar-refractivity contribution in [3.8, 4) is 0 Å². The molecular weight excluding hydrogens is 557 g/mol. The number of carbonyl (C=O) groups excluding carboxylic acids is 4. The van der Waals surface area contributed by atoms with E-state index in [0.29, 0.717) is 22.9 Å². The van der Waals surface area contributed by atoms with Crippen LogP contribution >= 0.6 is 0 Å². The molecule has 0 aliphatic carbocycles. The molecule has 43 heavy (non-hydrogen) atoms. The van der Waals surface area contributed by atoms with Gasteiger partial charge in [-0.15, -0.1) is 0 Å². The van der Waals surface area contributed by atoms with Crippen LogP contribution in [0, 0.1) is 5.82 Å². The summed E-state index contributed by atoms with van der Waals surface area (Å²) in [6.45, 7) is 4.94. The minimum Gasteiger partial charge on any atom is -0.443 e. The molecule has 0 spiro atoms. The molecule has 0 aliphatic heterocycles. The van der Waals surface area contributed by atoms with Gasteiger partial charge in [0.1, 0.15) is 23.4 Å². The van der Waals surface area contributed by atoms with Crippen molar-refractivity contribution in [3.63, 3.8) is 0 Å². The molecule has 0 fully saturated rings. The van der Waals surface area contributed by atoms with Gasteiger partial charge in [0.2, 0.25) is 0 Å². The lowest BCUT2D eigenvalue weighted by molar-refractivity contribution is -0.125. The summed E-state index contributed by atoms with van der Waals surface area (Å²) in [4.78, 5) is 63.9. The summed E-state index contributed by atoms with van der Waals surface area (Å²) in [5.41, 5.74) is -1.03. The maximum Gasteiger partial charge on any atom is 0.419 e. The third-order valence-electron chi connectivity index (χ3n) is 6.02. The molecule has 1 aromatic carbocycles. The zero-order chi connectivity index (χ0) is 32.1. The molecule has 0 bridgehead atoms. The normalized spacial score (nSPS) is 12.6. The summed E-state index contributed by atoms with van der Waals surface area (Å²) in [5.74, 6) is -1.50. The highest BCUT2D eigenvalue weighted by atomic mass is 19.1. The number of fused-ring (bicyclic) bond motifs is 1. The minimum absolute atomic E-state index is 0.161. The Balaban J connectivity index is 1.98. The molecule has 3 aromatic rings. The molecule has 2 heterocycles. The highest BCUT2D eigenvalue weighted by molar-refractivity contribution is 6.42. The number of allylic oxidation sites excluding steroid dienone is 2. The van der Waals surface area contributed by atoms with E-state index in [4.69, 9.17) is 25.2 Å². The Morgan fingerprint density at radius 2 is 1.84 bits per heavy atom. The number of rotatable bonds is 9. The van der Waals surface area contributed by atoms with Crippen LogP contribution in [0.25, 0.3) is 10.9 Å². The van der Waals surface area contributed by atoms with Crippen LogP contribution in [0.3, 0.4) is 0 Å². The fourth-order valence-corrected chi connectivity index (χ4v) is 4.06. The van der Waals surface area contributed by atoms with Gasteiger partial charge in [-0.25, -0.2) is 18.5 Å². The molecule has 1 N–H and O–H groups in total. The van der Waals surface area contributed by atoms with Crippen LogP contribution in [-0.2, 0) is 25.6 Å². The first-order chi connectivity index (χ1) is 20.0. The summed E-state index contributed by atoms with van der Waals surface area (Å²) < 4.78 is 27.2. The van der Waals surface area contributed by atoms with Gasteiger partial charge in [0.05, 0.1) is 27.8 Å². The van der Waals surface area contributed by atoms with E-state index in [-0.39, 0.29) is 18.7 Å². The number of benzene rings is 1. The highest BCUT2D eigenvalue weighted by Gasteiger charge is 2.37.